The molecule has 0 aliphatic heterocycles. The largest absolute Gasteiger partial charge is 0.463 e. The average Bonchev–Trinajstić information content (AvgIpc) is 3.32. The van der Waals surface area contributed by atoms with Crippen molar-refractivity contribution in [3.63, 3.8) is 0 Å². The zero-order valence-corrected chi connectivity index (χ0v) is 19.9. The first-order chi connectivity index (χ1) is 16.3. The van der Waals surface area contributed by atoms with E-state index in [9.17, 15) is 18.0 Å². The highest BCUT2D eigenvalue weighted by Gasteiger charge is 2.22. The number of carbonyl (C=O) groups is 1. The summed E-state index contributed by atoms with van der Waals surface area (Å²) in [5.41, 5.74) is 2.48. The van der Waals surface area contributed by atoms with Crippen LogP contribution < -0.4 is 15.5 Å². The lowest BCUT2D eigenvalue weighted by atomic mass is 10.1. The maximum atomic E-state index is 12.6. The first-order valence-electron chi connectivity index (χ1n) is 11.4. The maximum absolute atomic E-state index is 12.6. The van der Waals surface area contributed by atoms with E-state index in [1.165, 1.54) is 18.4 Å². The number of rotatable bonds is 8. The third-order valence-electron chi connectivity index (χ3n) is 5.99. The molecule has 1 saturated carbocycles. The zero-order chi connectivity index (χ0) is 24.1. The summed E-state index contributed by atoms with van der Waals surface area (Å²) in [4.78, 5) is 25.0. The predicted molar refractivity (Wildman–Crippen MR) is 132 cm³/mol. The molecule has 1 aliphatic rings. The molecule has 3 aromatic rings. The Morgan fingerprint density at radius 1 is 1.12 bits per heavy atom. The van der Waals surface area contributed by atoms with Gasteiger partial charge in [0.25, 0.3) is 0 Å². The standard InChI is InChI=1S/C26H28N2O5S/c1-18-6-12-24-23(16-18)26(30)20(17-33-24)9-13-25(29)27-15-14-19-7-10-22(11-8-19)34(31,32)28-21-4-2-3-5-21/h6-13,16-17,21,28H,2-5,14-15H2,1H3,(H,27,29)/b13-9+. The molecule has 0 atom stereocenters. The lowest BCUT2D eigenvalue weighted by molar-refractivity contribution is -0.116. The molecule has 0 unspecified atom stereocenters. The smallest absolute Gasteiger partial charge is 0.244 e. The van der Waals surface area contributed by atoms with Gasteiger partial charge in [0.05, 0.1) is 15.8 Å². The van der Waals surface area contributed by atoms with Gasteiger partial charge >= 0.3 is 0 Å². The molecule has 1 heterocycles. The van der Waals surface area contributed by atoms with E-state index >= 15 is 0 Å². The predicted octanol–water partition coefficient (Wildman–Crippen LogP) is 3.69. The van der Waals surface area contributed by atoms with Crippen LogP contribution in [0.3, 0.4) is 0 Å². The first-order valence-corrected chi connectivity index (χ1v) is 12.9. The Labute approximate surface area is 198 Å². The van der Waals surface area contributed by atoms with Gasteiger partial charge in [-0.3, -0.25) is 9.59 Å². The molecule has 0 saturated heterocycles. The molecule has 1 amide bonds. The third-order valence-corrected chi connectivity index (χ3v) is 7.53. The first kappa shape index (κ1) is 23.9. The molecule has 2 aromatic carbocycles. The van der Waals surface area contributed by atoms with Gasteiger partial charge in [0.1, 0.15) is 11.8 Å². The van der Waals surface area contributed by atoms with E-state index < -0.39 is 10.0 Å². The van der Waals surface area contributed by atoms with E-state index in [1.54, 1.807) is 36.4 Å². The molecular weight excluding hydrogens is 452 g/mol. The van der Waals surface area contributed by atoms with Crippen LogP contribution in [0.2, 0.25) is 0 Å². The topological polar surface area (TPSA) is 105 Å². The summed E-state index contributed by atoms with van der Waals surface area (Å²) in [6.07, 6.45) is 8.53. The maximum Gasteiger partial charge on any atom is 0.244 e. The summed E-state index contributed by atoms with van der Waals surface area (Å²) in [5, 5.41) is 3.25. The molecule has 34 heavy (non-hydrogen) atoms. The second-order valence-corrected chi connectivity index (χ2v) is 10.4. The quantitative estimate of drug-likeness (QED) is 0.479. The number of aryl methyl sites for hydroxylation is 1. The fraction of sp³-hybridized carbons (Fsp3) is 0.308. The minimum Gasteiger partial charge on any atom is -0.463 e. The van der Waals surface area contributed by atoms with Gasteiger partial charge in [-0.05, 0) is 62.1 Å². The van der Waals surface area contributed by atoms with Crippen molar-refractivity contribution in [1.82, 2.24) is 10.0 Å². The molecule has 0 radical (unpaired) electrons. The van der Waals surface area contributed by atoms with Crippen LogP contribution in [0.1, 0.15) is 42.4 Å². The van der Waals surface area contributed by atoms with Gasteiger partial charge < -0.3 is 9.73 Å². The van der Waals surface area contributed by atoms with E-state index in [0.29, 0.717) is 29.5 Å². The van der Waals surface area contributed by atoms with Crippen LogP contribution in [0.25, 0.3) is 17.0 Å². The van der Waals surface area contributed by atoms with E-state index in [0.717, 1.165) is 36.8 Å². The second kappa shape index (κ2) is 10.4. The Bertz CT molecular complexity index is 1370. The van der Waals surface area contributed by atoms with Crippen molar-refractivity contribution >= 4 is 33.0 Å². The summed E-state index contributed by atoms with van der Waals surface area (Å²) in [7, 11) is -3.51. The SMILES string of the molecule is Cc1ccc2occ(/C=C/C(=O)NCCc3ccc(S(=O)(=O)NC4CCCC4)cc3)c(=O)c2c1. The van der Waals surface area contributed by atoms with Crippen molar-refractivity contribution in [3.05, 3.63) is 81.7 Å². The van der Waals surface area contributed by atoms with Crippen molar-refractivity contribution < 1.29 is 17.6 Å². The van der Waals surface area contributed by atoms with Crippen molar-refractivity contribution in [2.75, 3.05) is 6.54 Å². The van der Waals surface area contributed by atoms with Crippen molar-refractivity contribution in [1.29, 1.82) is 0 Å². The van der Waals surface area contributed by atoms with Crippen molar-refractivity contribution in [2.45, 2.75) is 50.0 Å². The summed E-state index contributed by atoms with van der Waals surface area (Å²) < 4.78 is 33.3. The monoisotopic (exact) mass is 480 g/mol. The van der Waals surface area contributed by atoms with Crippen LogP contribution in [-0.4, -0.2) is 26.9 Å². The summed E-state index contributed by atoms with van der Waals surface area (Å²) in [6.45, 7) is 2.27. The molecule has 8 heteroatoms. The number of benzene rings is 2. The zero-order valence-electron chi connectivity index (χ0n) is 19.0. The van der Waals surface area contributed by atoms with Crippen LogP contribution in [0.15, 0.2) is 68.9 Å². The molecule has 7 nitrogen and oxygen atoms in total. The van der Waals surface area contributed by atoms with Crippen LogP contribution in [0.4, 0.5) is 0 Å². The number of hydrogen-bond acceptors (Lipinski definition) is 5. The van der Waals surface area contributed by atoms with Crippen molar-refractivity contribution in [2.24, 2.45) is 0 Å². The fourth-order valence-corrected chi connectivity index (χ4v) is 5.40. The molecule has 4 rings (SSSR count). The van der Waals surface area contributed by atoms with E-state index in [2.05, 4.69) is 10.0 Å². The normalized spacial score (nSPS) is 14.7. The van der Waals surface area contributed by atoms with Gasteiger partial charge in [-0.15, -0.1) is 0 Å². The lowest BCUT2D eigenvalue weighted by Crippen LogP contribution is -2.32. The second-order valence-electron chi connectivity index (χ2n) is 8.64. The molecule has 0 bridgehead atoms. The summed E-state index contributed by atoms with van der Waals surface area (Å²) in [5.74, 6) is -0.330. The number of hydrogen-bond donors (Lipinski definition) is 2. The summed E-state index contributed by atoms with van der Waals surface area (Å²) >= 11 is 0. The highest BCUT2D eigenvalue weighted by Crippen LogP contribution is 2.20. The molecular formula is C26H28N2O5S. The number of fused-ring (bicyclic) bond motifs is 1. The molecule has 1 aliphatic carbocycles. The minimum absolute atomic E-state index is 0.0260. The molecule has 178 valence electrons. The Kier molecular flexibility index (Phi) is 7.29. The van der Waals surface area contributed by atoms with E-state index in [-0.39, 0.29) is 22.3 Å². The van der Waals surface area contributed by atoms with Crippen LogP contribution in [-0.2, 0) is 21.2 Å². The highest BCUT2D eigenvalue weighted by atomic mass is 32.2. The van der Waals surface area contributed by atoms with Crippen LogP contribution >= 0.6 is 0 Å². The van der Waals surface area contributed by atoms with Crippen molar-refractivity contribution in [3.8, 4) is 0 Å². The molecule has 0 spiro atoms. The summed E-state index contributed by atoms with van der Waals surface area (Å²) in [6, 6.07) is 12.1. The van der Waals surface area contributed by atoms with Gasteiger partial charge in [-0.2, -0.15) is 0 Å². The fourth-order valence-electron chi connectivity index (χ4n) is 4.10. The van der Waals surface area contributed by atoms with Gasteiger partial charge in [-0.1, -0.05) is 36.6 Å². The Hall–Kier alpha value is -3.23. The third kappa shape index (κ3) is 5.81. The molecule has 2 N–H and O–H groups in total. The van der Waals surface area contributed by atoms with E-state index in [4.69, 9.17) is 4.42 Å². The van der Waals surface area contributed by atoms with Gasteiger partial charge in [0, 0.05) is 18.7 Å². The van der Waals surface area contributed by atoms with Gasteiger partial charge in [-0.25, -0.2) is 13.1 Å². The Morgan fingerprint density at radius 2 is 1.85 bits per heavy atom. The number of nitrogens with one attached hydrogen (secondary N) is 2. The van der Waals surface area contributed by atoms with Gasteiger partial charge in [0.15, 0.2) is 5.43 Å². The average molecular weight is 481 g/mol. The number of sulfonamides is 1. The molecule has 1 aromatic heterocycles. The van der Waals surface area contributed by atoms with E-state index in [1.807, 2.05) is 13.0 Å². The number of amides is 1. The lowest BCUT2D eigenvalue weighted by Gasteiger charge is -2.12. The van der Waals surface area contributed by atoms with Crippen LogP contribution in [0.5, 0.6) is 0 Å². The van der Waals surface area contributed by atoms with Gasteiger partial charge in [0.2, 0.25) is 15.9 Å². The number of carbonyl (C=O) groups excluding carboxylic acids is 1. The highest BCUT2D eigenvalue weighted by molar-refractivity contribution is 7.89. The molecule has 1 fully saturated rings. The Morgan fingerprint density at radius 3 is 2.59 bits per heavy atom. The minimum atomic E-state index is -3.51. The Balaban J connectivity index is 1.30. The van der Waals surface area contributed by atoms with Crippen LogP contribution in [0, 0.1) is 6.92 Å².